The quantitative estimate of drug-likeness (QED) is 0.333. The summed E-state index contributed by atoms with van der Waals surface area (Å²) in [5.74, 6) is -0.648. The predicted molar refractivity (Wildman–Crippen MR) is 23.0 cm³/mol. The lowest BCUT2D eigenvalue weighted by Gasteiger charge is -1.94. The molecule has 0 aromatic carbocycles. The first-order valence-corrected chi connectivity index (χ1v) is 2.23. The van der Waals surface area contributed by atoms with Crippen molar-refractivity contribution in [3.8, 4) is 0 Å². The van der Waals surface area contributed by atoms with Gasteiger partial charge in [-0.15, -0.1) is 0 Å². The van der Waals surface area contributed by atoms with Crippen molar-refractivity contribution >= 4 is 5.78 Å². The first kappa shape index (κ1) is 5.68. The van der Waals surface area contributed by atoms with Gasteiger partial charge >= 0.3 is 0 Å². The molecule has 0 aliphatic carbocycles. The molecule has 1 aliphatic rings. The van der Waals surface area contributed by atoms with E-state index in [4.69, 9.17) is 10.2 Å². The Kier molecular flexibility index (Phi) is 1.29. The zero-order valence-electron chi connectivity index (χ0n) is 4.07. The molecule has 1 rings (SSSR count). The van der Waals surface area contributed by atoms with E-state index in [2.05, 4.69) is 4.74 Å². The second kappa shape index (κ2) is 1.81. The Morgan fingerprint density at radius 1 is 1.75 bits per heavy atom. The van der Waals surface area contributed by atoms with Crippen LogP contribution in [-0.2, 0) is 9.53 Å². The first-order chi connectivity index (χ1) is 3.72. The van der Waals surface area contributed by atoms with E-state index in [-0.39, 0.29) is 0 Å². The van der Waals surface area contributed by atoms with Crippen molar-refractivity contribution in [3.05, 3.63) is 0 Å². The average molecular weight is 118 g/mol. The SMILES string of the molecule is O=C(C(O)O)C1CO1. The summed E-state index contributed by atoms with van der Waals surface area (Å²) in [6, 6.07) is 0. The van der Waals surface area contributed by atoms with Crippen molar-refractivity contribution in [2.75, 3.05) is 6.61 Å². The number of hydrogen-bond acceptors (Lipinski definition) is 4. The van der Waals surface area contributed by atoms with E-state index in [1.165, 1.54) is 0 Å². The van der Waals surface area contributed by atoms with Gasteiger partial charge in [-0.25, -0.2) is 0 Å². The number of Topliss-reactive ketones (excluding diaryl/α,β-unsaturated/α-hetero) is 1. The van der Waals surface area contributed by atoms with Crippen molar-refractivity contribution in [3.63, 3.8) is 0 Å². The maximum Gasteiger partial charge on any atom is 0.219 e. The highest BCUT2D eigenvalue weighted by Crippen LogP contribution is 2.10. The largest absolute Gasteiger partial charge is 0.365 e. The number of epoxide rings is 1. The van der Waals surface area contributed by atoms with Gasteiger partial charge in [-0.3, -0.25) is 4.79 Å². The van der Waals surface area contributed by atoms with E-state index in [9.17, 15) is 4.79 Å². The van der Waals surface area contributed by atoms with Crippen LogP contribution >= 0.6 is 0 Å². The molecule has 46 valence electrons. The maximum atomic E-state index is 10.3. The second-order valence-corrected chi connectivity index (χ2v) is 1.60. The van der Waals surface area contributed by atoms with E-state index in [1.54, 1.807) is 0 Å². The first-order valence-electron chi connectivity index (χ1n) is 2.23. The van der Waals surface area contributed by atoms with Crippen LogP contribution in [-0.4, -0.2) is 35.0 Å². The number of rotatable bonds is 2. The van der Waals surface area contributed by atoms with Crippen LogP contribution < -0.4 is 0 Å². The van der Waals surface area contributed by atoms with Crippen molar-refractivity contribution < 1.29 is 19.7 Å². The van der Waals surface area contributed by atoms with Gasteiger partial charge in [-0.05, 0) is 0 Å². The molecule has 1 heterocycles. The van der Waals surface area contributed by atoms with E-state index in [1.807, 2.05) is 0 Å². The Labute approximate surface area is 45.7 Å². The number of aliphatic hydroxyl groups is 2. The van der Waals surface area contributed by atoms with Gasteiger partial charge in [0.15, 0.2) is 0 Å². The van der Waals surface area contributed by atoms with Crippen LogP contribution in [0, 0.1) is 0 Å². The standard InChI is InChI=1S/C4H6O4/c5-3(4(6)7)2-1-8-2/h2,4,6-7H,1H2. The van der Waals surface area contributed by atoms with Gasteiger partial charge in [0, 0.05) is 0 Å². The summed E-state index contributed by atoms with van der Waals surface area (Å²) in [5, 5.41) is 16.3. The zero-order chi connectivity index (χ0) is 6.15. The molecule has 2 N–H and O–H groups in total. The van der Waals surface area contributed by atoms with Crippen LogP contribution in [0.5, 0.6) is 0 Å². The van der Waals surface area contributed by atoms with Gasteiger partial charge < -0.3 is 14.9 Å². The summed E-state index contributed by atoms with van der Waals surface area (Å²) in [4.78, 5) is 10.3. The Morgan fingerprint density at radius 2 is 2.25 bits per heavy atom. The van der Waals surface area contributed by atoms with Crippen LogP contribution in [0.25, 0.3) is 0 Å². The lowest BCUT2D eigenvalue weighted by Crippen LogP contribution is -2.24. The van der Waals surface area contributed by atoms with E-state index in [0.717, 1.165) is 0 Å². The van der Waals surface area contributed by atoms with Crippen molar-refractivity contribution in [2.24, 2.45) is 0 Å². The van der Waals surface area contributed by atoms with Gasteiger partial charge in [-0.1, -0.05) is 0 Å². The Balaban J connectivity index is 2.33. The molecule has 8 heavy (non-hydrogen) atoms. The van der Waals surface area contributed by atoms with Crippen LogP contribution in [0.1, 0.15) is 0 Å². The number of aliphatic hydroxyl groups excluding tert-OH is 1. The van der Waals surface area contributed by atoms with E-state index < -0.39 is 18.2 Å². The topological polar surface area (TPSA) is 70.1 Å². The van der Waals surface area contributed by atoms with Crippen LogP contribution in [0.3, 0.4) is 0 Å². The third-order valence-corrected chi connectivity index (χ3v) is 0.905. The highest BCUT2D eigenvalue weighted by molar-refractivity contribution is 5.87. The molecule has 1 unspecified atom stereocenters. The molecule has 0 saturated carbocycles. The smallest absolute Gasteiger partial charge is 0.219 e. The number of ether oxygens (including phenoxy) is 1. The molecular formula is C4H6O4. The molecule has 4 heteroatoms. The molecule has 0 amide bonds. The normalized spacial score (nSPS) is 26.1. The number of carbonyl (C=O) groups is 1. The lowest BCUT2D eigenvalue weighted by atomic mass is 10.3. The highest BCUT2D eigenvalue weighted by atomic mass is 16.6. The molecule has 1 fully saturated rings. The minimum atomic E-state index is -1.86. The molecule has 1 aliphatic heterocycles. The van der Waals surface area contributed by atoms with Crippen LogP contribution in [0.2, 0.25) is 0 Å². The zero-order valence-corrected chi connectivity index (χ0v) is 4.07. The molecule has 0 spiro atoms. The second-order valence-electron chi connectivity index (χ2n) is 1.60. The Hall–Kier alpha value is -0.450. The molecule has 0 radical (unpaired) electrons. The third-order valence-electron chi connectivity index (χ3n) is 0.905. The number of hydrogen-bond donors (Lipinski definition) is 2. The van der Waals surface area contributed by atoms with Crippen LogP contribution in [0.4, 0.5) is 0 Å². The fourth-order valence-corrected chi connectivity index (χ4v) is 0.379. The molecule has 0 bridgehead atoms. The predicted octanol–water partition coefficient (Wildman–Crippen LogP) is -1.74. The molecule has 0 aromatic rings. The molecular weight excluding hydrogens is 112 g/mol. The molecule has 0 aromatic heterocycles. The average Bonchev–Trinajstić information content (AvgIpc) is 2.43. The fraction of sp³-hybridized carbons (Fsp3) is 0.750. The van der Waals surface area contributed by atoms with Gasteiger partial charge in [-0.2, -0.15) is 0 Å². The minimum Gasteiger partial charge on any atom is -0.365 e. The lowest BCUT2D eigenvalue weighted by molar-refractivity contribution is -0.146. The monoisotopic (exact) mass is 118 g/mol. The van der Waals surface area contributed by atoms with Crippen molar-refractivity contribution in [1.29, 1.82) is 0 Å². The summed E-state index contributed by atoms with van der Waals surface area (Å²) >= 11 is 0. The number of ketones is 1. The summed E-state index contributed by atoms with van der Waals surface area (Å²) in [6.07, 6.45) is -2.41. The number of carbonyl (C=O) groups excluding carboxylic acids is 1. The van der Waals surface area contributed by atoms with Gasteiger partial charge in [0.05, 0.1) is 6.61 Å². The fourth-order valence-electron chi connectivity index (χ4n) is 0.379. The Bertz CT molecular complexity index is 101. The third kappa shape index (κ3) is 1.03. The van der Waals surface area contributed by atoms with Gasteiger partial charge in [0.25, 0.3) is 0 Å². The molecule has 1 atom stereocenters. The minimum absolute atomic E-state index is 0.330. The van der Waals surface area contributed by atoms with Crippen molar-refractivity contribution in [2.45, 2.75) is 12.4 Å². The van der Waals surface area contributed by atoms with E-state index >= 15 is 0 Å². The van der Waals surface area contributed by atoms with Gasteiger partial charge in [0.2, 0.25) is 12.1 Å². The maximum absolute atomic E-state index is 10.3. The van der Waals surface area contributed by atoms with E-state index in [0.29, 0.717) is 6.61 Å². The summed E-state index contributed by atoms with van der Waals surface area (Å²) in [6.45, 7) is 0.330. The summed E-state index contributed by atoms with van der Waals surface area (Å²) in [5.41, 5.74) is 0. The van der Waals surface area contributed by atoms with Crippen LogP contribution in [0.15, 0.2) is 0 Å². The highest BCUT2D eigenvalue weighted by Gasteiger charge is 2.34. The van der Waals surface area contributed by atoms with Gasteiger partial charge in [0.1, 0.15) is 6.10 Å². The molecule has 1 saturated heterocycles. The van der Waals surface area contributed by atoms with Crippen molar-refractivity contribution in [1.82, 2.24) is 0 Å². The molecule has 4 nitrogen and oxygen atoms in total. The summed E-state index contributed by atoms with van der Waals surface area (Å²) in [7, 11) is 0. The summed E-state index contributed by atoms with van der Waals surface area (Å²) < 4.78 is 4.46. The Morgan fingerprint density at radius 3 is 2.38 bits per heavy atom.